The molecule has 202 valence electrons. The van der Waals surface area contributed by atoms with Crippen LogP contribution in [-0.4, -0.2) is 36.9 Å². The molecule has 2 aromatic rings. The van der Waals surface area contributed by atoms with E-state index in [2.05, 4.69) is 36.7 Å². The number of pyridine rings is 1. The van der Waals surface area contributed by atoms with Gasteiger partial charge in [0.15, 0.2) is 0 Å². The molecule has 0 aliphatic rings. The number of aromatic nitrogens is 1. The first-order valence-electron chi connectivity index (χ1n) is 13.5. The minimum absolute atomic E-state index is 0.0954. The van der Waals surface area contributed by atoms with Gasteiger partial charge in [-0.1, -0.05) is 60.8 Å². The number of amidine groups is 1. The van der Waals surface area contributed by atoms with Crippen LogP contribution in [0.5, 0.6) is 0 Å². The van der Waals surface area contributed by atoms with Gasteiger partial charge in [0.25, 0.3) is 5.91 Å². The topological polar surface area (TPSA) is 104 Å². The number of aryl methyl sites for hydroxylation is 1. The molecule has 0 saturated carbocycles. The summed E-state index contributed by atoms with van der Waals surface area (Å²) < 4.78 is 0. The Balaban J connectivity index is 0.00000227. The average Bonchev–Trinajstić information content (AvgIpc) is 2.91. The summed E-state index contributed by atoms with van der Waals surface area (Å²) in [5.74, 6) is 2.35. The van der Waals surface area contributed by atoms with E-state index in [1.165, 1.54) is 25.7 Å². The molecule has 0 fully saturated rings. The molecule has 0 radical (unpaired) electrons. The van der Waals surface area contributed by atoms with Gasteiger partial charge in [-0.3, -0.25) is 4.79 Å². The van der Waals surface area contributed by atoms with Gasteiger partial charge in [0.2, 0.25) is 0 Å². The second kappa shape index (κ2) is 20.3. The summed E-state index contributed by atoms with van der Waals surface area (Å²) in [6.45, 7) is 16.2. The van der Waals surface area contributed by atoms with Gasteiger partial charge >= 0.3 is 0 Å². The Bertz CT molecular complexity index is 880. The van der Waals surface area contributed by atoms with Gasteiger partial charge in [0, 0.05) is 31.3 Å². The highest BCUT2D eigenvalue weighted by atomic mass is 16.1. The molecular weight excluding hydrogens is 448 g/mol. The maximum absolute atomic E-state index is 11.7. The minimum atomic E-state index is -0.0954. The summed E-state index contributed by atoms with van der Waals surface area (Å²) in [7, 11) is 1.63. The number of carbonyl (C=O) groups is 1. The molecule has 1 heterocycles. The first kappa shape index (κ1) is 33.1. The Morgan fingerprint density at radius 2 is 1.69 bits per heavy atom. The maximum Gasteiger partial charge on any atom is 0.251 e. The van der Waals surface area contributed by atoms with Crippen molar-refractivity contribution >= 4 is 28.9 Å². The summed E-state index contributed by atoms with van der Waals surface area (Å²) in [6, 6.07) is 11.4. The van der Waals surface area contributed by atoms with E-state index in [9.17, 15) is 4.79 Å². The number of unbranched alkanes of at least 4 members (excludes halogenated alkanes) is 1. The summed E-state index contributed by atoms with van der Waals surface area (Å²) in [5, 5.41) is 9.46. The van der Waals surface area contributed by atoms with Crippen LogP contribution < -0.4 is 21.7 Å². The van der Waals surface area contributed by atoms with E-state index < -0.39 is 0 Å². The predicted molar refractivity (Wildman–Crippen MR) is 158 cm³/mol. The Hall–Kier alpha value is -2.93. The molecule has 7 heteroatoms. The van der Waals surface area contributed by atoms with Crippen LogP contribution in [0.15, 0.2) is 41.4 Å². The first-order chi connectivity index (χ1) is 17.4. The molecule has 0 aliphatic carbocycles. The number of rotatable bonds is 11. The van der Waals surface area contributed by atoms with Gasteiger partial charge in [-0.05, 0) is 62.2 Å². The second-order valence-electron chi connectivity index (χ2n) is 8.20. The predicted octanol–water partition coefficient (Wildman–Crippen LogP) is 6.92. The van der Waals surface area contributed by atoms with Crippen molar-refractivity contribution in [3.8, 4) is 0 Å². The van der Waals surface area contributed by atoms with Crippen molar-refractivity contribution in [1.29, 1.82) is 0 Å². The lowest BCUT2D eigenvalue weighted by Gasteiger charge is -2.16. The third-order valence-electron chi connectivity index (χ3n) is 5.43. The van der Waals surface area contributed by atoms with Gasteiger partial charge in [-0.15, -0.1) is 0 Å². The molecule has 2 rings (SSSR count). The number of carbonyl (C=O) groups excluding carboxylic acids is 1. The minimum Gasteiger partial charge on any atom is -0.370 e. The van der Waals surface area contributed by atoms with E-state index in [0.29, 0.717) is 11.5 Å². The van der Waals surface area contributed by atoms with E-state index in [0.717, 1.165) is 48.2 Å². The number of hydrogen-bond acceptors (Lipinski definition) is 5. The lowest BCUT2D eigenvalue weighted by Crippen LogP contribution is -2.17. The van der Waals surface area contributed by atoms with E-state index in [-0.39, 0.29) is 5.91 Å². The smallest absolute Gasteiger partial charge is 0.251 e. The SMILES string of the molecule is CC.CCCCC(CC)CNc1ccc(N=C(CC)Nc2ccc(C(=O)NC)cc2)c(C)n1.CCN. The summed E-state index contributed by atoms with van der Waals surface area (Å²) in [5.41, 5.74) is 8.13. The molecule has 1 atom stereocenters. The number of aliphatic imine (C=N–C) groups is 1. The lowest BCUT2D eigenvalue weighted by molar-refractivity contribution is 0.0963. The van der Waals surface area contributed by atoms with Crippen LogP contribution in [0.25, 0.3) is 0 Å². The average molecular weight is 499 g/mol. The number of nitrogens with zero attached hydrogens (tertiary/aromatic N) is 2. The standard InChI is InChI=1S/C25H37N5O.C2H7N.C2H6/c1-6-9-10-19(7-2)17-27-24-16-15-22(18(4)28-24)30-23(8-3)29-21-13-11-20(12-14-21)25(31)26-5;1-2-3;1-2/h11-16,19H,6-10,17H2,1-5H3,(H,26,31)(H,27,28)(H,29,30);2-3H2,1H3;1-2H3. The van der Waals surface area contributed by atoms with Gasteiger partial charge in [-0.25, -0.2) is 9.98 Å². The zero-order valence-corrected chi connectivity index (χ0v) is 23.9. The molecular formula is C29H50N6O. The highest BCUT2D eigenvalue weighted by molar-refractivity contribution is 5.98. The van der Waals surface area contributed by atoms with E-state index >= 15 is 0 Å². The molecule has 1 amide bonds. The summed E-state index contributed by atoms with van der Waals surface area (Å²) >= 11 is 0. The van der Waals surface area contributed by atoms with E-state index in [4.69, 9.17) is 15.7 Å². The third-order valence-corrected chi connectivity index (χ3v) is 5.43. The maximum atomic E-state index is 11.7. The van der Waals surface area contributed by atoms with E-state index in [1.54, 1.807) is 19.2 Å². The molecule has 7 nitrogen and oxygen atoms in total. The van der Waals surface area contributed by atoms with Crippen molar-refractivity contribution in [1.82, 2.24) is 10.3 Å². The quantitative estimate of drug-likeness (QED) is 0.199. The van der Waals surface area contributed by atoms with Gasteiger partial charge in [-0.2, -0.15) is 0 Å². The normalized spacial score (nSPS) is 11.3. The van der Waals surface area contributed by atoms with Crippen LogP contribution in [0.4, 0.5) is 17.2 Å². The van der Waals surface area contributed by atoms with Gasteiger partial charge in [0.05, 0.1) is 11.4 Å². The number of benzene rings is 1. The summed E-state index contributed by atoms with van der Waals surface area (Å²) in [6.07, 6.45) is 5.72. The molecule has 1 aromatic heterocycles. The fourth-order valence-electron chi connectivity index (χ4n) is 3.32. The van der Waals surface area contributed by atoms with Gasteiger partial charge in [0.1, 0.15) is 11.7 Å². The van der Waals surface area contributed by atoms with Crippen LogP contribution in [0.3, 0.4) is 0 Å². The van der Waals surface area contributed by atoms with Crippen LogP contribution in [0.1, 0.15) is 89.7 Å². The van der Waals surface area contributed by atoms with Crippen molar-refractivity contribution in [3.05, 3.63) is 47.7 Å². The number of nitrogens with two attached hydrogens (primary N) is 1. The molecule has 0 saturated heterocycles. The van der Waals surface area contributed by atoms with Crippen molar-refractivity contribution in [3.63, 3.8) is 0 Å². The van der Waals surface area contributed by atoms with Crippen LogP contribution >= 0.6 is 0 Å². The zero-order chi connectivity index (χ0) is 27.3. The zero-order valence-electron chi connectivity index (χ0n) is 23.9. The molecule has 1 aromatic carbocycles. The summed E-state index contributed by atoms with van der Waals surface area (Å²) in [4.78, 5) is 21.2. The molecule has 1 unspecified atom stereocenters. The van der Waals surface area contributed by atoms with Crippen molar-refractivity contribution in [2.45, 2.75) is 80.6 Å². The largest absolute Gasteiger partial charge is 0.370 e. The van der Waals surface area contributed by atoms with E-state index in [1.807, 2.05) is 52.0 Å². The fourth-order valence-corrected chi connectivity index (χ4v) is 3.32. The highest BCUT2D eigenvalue weighted by Gasteiger charge is 2.08. The number of anilines is 2. The van der Waals surface area contributed by atoms with Gasteiger partial charge < -0.3 is 21.7 Å². The number of hydrogen-bond donors (Lipinski definition) is 4. The Morgan fingerprint density at radius 1 is 1.06 bits per heavy atom. The van der Waals surface area contributed by atoms with Crippen molar-refractivity contribution in [2.24, 2.45) is 16.6 Å². The second-order valence-corrected chi connectivity index (χ2v) is 8.20. The molecule has 5 N–H and O–H groups in total. The first-order valence-corrected chi connectivity index (χ1v) is 13.5. The molecule has 36 heavy (non-hydrogen) atoms. The number of amides is 1. The third kappa shape index (κ3) is 12.7. The van der Waals surface area contributed by atoms with Crippen LogP contribution in [0, 0.1) is 12.8 Å². The van der Waals surface area contributed by atoms with Crippen LogP contribution in [0.2, 0.25) is 0 Å². The monoisotopic (exact) mass is 498 g/mol. The molecule has 0 aliphatic heterocycles. The number of nitrogens with one attached hydrogen (secondary N) is 3. The highest BCUT2D eigenvalue weighted by Crippen LogP contribution is 2.21. The Morgan fingerprint density at radius 3 is 2.19 bits per heavy atom. The van der Waals surface area contributed by atoms with Crippen molar-refractivity contribution < 1.29 is 4.79 Å². The Kier molecular flexibility index (Phi) is 18.6. The molecule has 0 bridgehead atoms. The van der Waals surface area contributed by atoms with Crippen LogP contribution in [-0.2, 0) is 0 Å². The fraction of sp³-hybridized carbons (Fsp3) is 0.552. The lowest BCUT2D eigenvalue weighted by atomic mass is 9.99. The van der Waals surface area contributed by atoms with Crippen molar-refractivity contribution in [2.75, 3.05) is 30.8 Å². The molecule has 0 spiro atoms. The Labute approximate surface area is 219 Å².